The van der Waals surface area contributed by atoms with Crippen molar-refractivity contribution in [2.24, 2.45) is 0 Å². The Morgan fingerprint density at radius 3 is 2.94 bits per heavy atom. The molecule has 0 radical (unpaired) electrons. The third-order valence-electron chi connectivity index (χ3n) is 3.03. The maximum Gasteiger partial charge on any atom is 0.0576 e. The molecule has 1 rings (SSSR count). The molecule has 3 heteroatoms. The Kier molecular flexibility index (Phi) is 7.81. The van der Waals surface area contributed by atoms with Gasteiger partial charge in [0.05, 0.1) is 12.2 Å². The predicted molar refractivity (Wildman–Crippen MR) is 64.6 cm³/mol. The second-order valence-electron chi connectivity index (χ2n) is 4.62. The molecular weight excluding hydrogens is 204 g/mol. The Hall–Kier alpha value is -0.120. The standard InChI is InChI=1S/C13H26O3/c1-2-9-15-11-8-12(14)5-3-6-13-7-4-10-16-13/h12-14H,2-11H2,1H3. The number of ether oxygens (including phenoxy) is 2. The maximum absolute atomic E-state index is 9.70. The Labute approximate surface area is 99.1 Å². The molecule has 1 fully saturated rings. The van der Waals surface area contributed by atoms with Crippen LogP contribution in [0.25, 0.3) is 0 Å². The first-order valence-electron chi connectivity index (χ1n) is 6.70. The fraction of sp³-hybridized carbons (Fsp3) is 1.00. The molecule has 0 aromatic heterocycles. The second-order valence-corrected chi connectivity index (χ2v) is 4.62. The molecule has 2 unspecified atom stereocenters. The number of aliphatic hydroxyl groups is 1. The Morgan fingerprint density at radius 1 is 1.38 bits per heavy atom. The van der Waals surface area contributed by atoms with Gasteiger partial charge in [-0.15, -0.1) is 0 Å². The van der Waals surface area contributed by atoms with Crippen LogP contribution in [0.2, 0.25) is 0 Å². The Balaban J connectivity index is 1.87. The monoisotopic (exact) mass is 230 g/mol. The fourth-order valence-electron chi connectivity index (χ4n) is 2.06. The third kappa shape index (κ3) is 6.46. The lowest BCUT2D eigenvalue weighted by Gasteiger charge is -2.12. The largest absolute Gasteiger partial charge is 0.393 e. The highest BCUT2D eigenvalue weighted by atomic mass is 16.5. The molecule has 0 saturated carbocycles. The van der Waals surface area contributed by atoms with Crippen LogP contribution in [0.15, 0.2) is 0 Å². The van der Waals surface area contributed by atoms with Crippen LogP contribution in [0.1, 0.15) is 51.9 Å². The van der Waals surface area contributed by atoms with Gasteiger partial charge in [-0.2, -0.15) is 0 Å². The zero-order valence-corrected chi connectivity index (χ0v) is 10.5. The number of hydrogen-bond acceptors (Lipinski definition) is 3. The quantitative estimate of drug-likeness (QED) is 0.619. The first-order valence-corrected chi connectivity index (χ1v) is 6.70. The van der Waals surface area contributed by atoms with Crippen LogP contribution in [-0.4, -0.2) is 37.1 Å². The molecule has 1 aliphatic heterocycles. The van der Waals surface area contributed by atoms with E-state index in [-0.39, 0.29) is 6.10 Å². The van der Waals surface area contributed by atoms with E-state index in [1.165, 1.54) is 12.8 Å². The van der Waals surface area contributed by atoms with Crippen molar-refractivity contribution in [3.63, 3.8) is 0 Å². The lowest BCUT2D eigenvalue weighted by Crippen LogP contribution is -2.12. The van der Waals surface area contributed by atoms with Crippen LogP contribution >= 0.6 is 0 Å². The van der Waals surface area contributed by atoms with Gasteiger partial charge < -0.3 is 14.6 Å². The van der Waals surface area contributed by atoms with Crippen molar-refractivity contribution < 1.29 is 14.6 Å². The summed E-state index contributed by atoms with van der Waals surface area (Å²) >= 11 is 0. The van der Waals surface area contributed by atoms with E-state index in [2.05, 4.69) is 6.92 Å². The predicted octanol–water partition coefficient (Wildman–Crippen LogP) is 2.51. The highest BCUT2D eigenvalue weighted by Crippen LogP contribution is 2.18. The van der Waals surface area contributed by atoms with E-state index in [4.69, 9.17) is 9.47 Å². The number of hydrogen-bond donors (Lipinski definition) is 1. The summed E-state index contributed by atoms with van der Waals surface area (Å²) in [5.41, 5.74) is 0. The maximum atomic E-state index is 9.70. The van der Waals surface area contributed by atoms with E-state index in [1.807, 2.05) is 0 Å². The summed E-state index contributed by atoms with van der Waals surface area (Å²) < 4.78 is 10.9. The molecule has 1 N–H and O–H groups in total. The molecule has 0 bridgehead atoms. The summed E-state index contributed by atoms with van der Waals surface area (Å²) in [4.78, 5) is 0. The molecule has 0 aromatic rings. The average molecular weight is 230 g/mol. The summed E-state index contributed by atoms with van der Waals surface area (Å²) in [5, 5.41) is 9.70. The van der Waals surface area contributed by atoms with Crippen molar-refractivity contribution in [3.8, 4) is 0 Å². The molecule has 1 saturated heterocycles. The van der Waals surface area contributed by atoms with Gasteiger partial charge in [0.15, 0.2) is 0 Å². The van der Waals surface area contributed by atoms with Gasteiger partial charge in [-0.05, 0) is 44.9 Å². The van der Waals surface area contributed by atoms with Gasteiger partial charge in [-0.25, -0.2) is 0 Å². The highest BCUT2D eigenvalue weighted by Gasteiger charge is 2.15. The molecule has 0 spiro atoms. The minimum Gasteiger partial charge on any atom is -0.393 e. The van der Waals surface area contributed by atoms with Crippen molar-refractivity contribution in [1.82, 2.24) is 0 Å². The van der Waals surface area contributed by atoms with Gasteiger partial charge >= 0.3 is 0 Å². The van der Waals surface area contributed by atoms with Gasteiger partial charge in [0.1, 0.15) is 0 Å². The van der Waals surface area contributed by atoms with Crippen LogP contribution in [0.3, 0.4) is 0 Å². The molecule has 3 nitrogen and oxygen atoms in total. The Morgan fingerprint density at radius 2 is 2.25 bits per heavy atom. The molecule has 16 heavy (non-hydrogen) atoms. The zero-order chi connectivity index (χ0) is 11.6. The molecule has 1 aliphatic rings. The van der Waals surface area contributed by atoms with E-state index in [1.54, 1.807) is 0 Å². The van der Waals surface area contributed by atoms with Crippen LogP contribution in [0.5, 0.6) is 0 Å². The van der Waals surface area contributed by atoms with Gasteiger partial charge in [-0.1, -0.05) is 6.92 Å². The summed E-state index contributed by atoms with van der Waals surface area (Å²) in [6.45, 7) is 4.52. The zero-order valence-electron chi connectivity index (χ0n) is 10.5. The van der Waals surface area contributed by atoms with Crippen molar-refractivity contribution in [2.45, 2.75) is 64.1 Å². The molecular formula is C13H26O3. The molecule has 1 heterocycles. The summed E-state index contributed by atoms with van der Waals surface area (Å²) in [6, 6.07) is 0. The van der Waals surface area contributed by atoms with Crippen molar-refractivity contribution in [3.05, 3.63) is 0 Å². The third-order valence-corrected chi connectivity index (χ3v) is 3.03. The summed E-state index contributed by atoms with van der Waals surface area (Å²) in [7, 11) is 0. The normalized spacial score (nSPS) is 22.5. The highest BCUT2D eigenvalue weighted by molar-refractivity contribution is 4.66. The number of aliphatic hydroxyl groups excluding tert-OH is 1. The minimum atomic E-state index is -0.196. The van der Waals surface area contributed by atoms with Gasteiger partial charge in [-0.3, -0.25) is 0 Å². The van der Waals surface area contributed by atoms with Gasteiger partial charge in [0, 0.05) is 19.8 Å². The smallest absolute Gasteiger partial charge is 0.0576 e. The van der Waals surface area contributed by atoms with Crippen LogP contribution in [0, 0.1) is 0 Å². The summed E-state index contributed by atoms with van der Waals surface area (Å²) in [5.74, 6) is 0. The SMILES string of the molecule is CCCOCCC(O)CCCC1CCCO1. The van der Waals surface area contributed by atoms with Gasteiger partial charge in [0.2, 0.25) is 0 Å². The molecule has 0 amide bonds. The number of rotatable bonds is 9. The van der Waals surface area contributed by atoms with Gasteiger partial charge in [0.25, 0.3) is 0 Å². The van der Waals surface area contributed by atoms with E-state index in [9.17, 15) is 5.11 Å². The molecule has 2 atom stereocenters. The Bertz CT molecular complexity index is 155. The van der Waals surface area contributed by atoms with Crippen molar-refractivity contribution >= 4 is 0 Å². The van der Waals surface area contributed by atoms with E-state index in [0.717, 1.165) is 45.3 Å². The fourth-order valence-corrected chi connectivity index (χ4v) is 2.06. The minimum absolute atomic E-state index is 0.196. The van der Waals surface area contributed by atoms with Crippen LogP contribution < -0.4 is 0 Å². The lowest BCUT2D eigenvalue weighted by molar-refractivity contribution is 0.0697. The van der Waals surface area contributed by atoms with Crippen molar-refractivity contribution in [1.29, 1.82) is 0 Å². The molecule has 96 valence electrons. The molecule has 0 aromatic carbocycles. The van der Waals surface area contributed by atoms with Crippen LogP contribution in [0.4, 0.5) is 0 Å². The van der Waals surface area contributed by atoms with E-state index < -0.39 is 0 Å². The van der Waals surface area contributed by atoms with Crippen LogP contribution in [-0.2, 0) is 9.47 Å². The van der Waals surface area contributed by atoms with E-state index in [0.29, 0.717) is 12.7 Å². The topological polar surface area (TPSA) is 38.7 Å². The van der Waals surface area contributed by atoms with Crippen molar-refractivity contribution in [2.75, 3.05) is 19.8 Å². The van der Waals surface area contributed by atoms with E-state index >= 15 is 0 Å². The summed E-state index contributed by atoms with van der Waals surface area (Å²) in [6.07, 6.45) is 7.55. The lowest BCUT2D eigenvalue weighted by atomic mass is 10.1. The molecule has 0 aliphatic carbocycles. The second kappa shape index (κ2) is 8.97. The average Bonchev–Trinajstić information content (AvgIpc) is 2.77. The first-order chi connectivity index (χ1) is 7.83. The first kappa shape index (κ1) is 13.9.